The monoisotopic (exact) mass is 210 g/mol. The first-order valence-corrected chi connectivity index (χ1v) is 5.61. The van der Waals surface area contributed by atoms with Crippen molar-refractivity contribution >= 4 is 17.6 Å². The topological polar surface area (TPSA) is 46.3 Å². The minimum absolute atomic E-state index is 0.334. The molecule has 2 heterocycles. The van der Waals surface area contributed by atoms with Crippen LogP contribution < -0.4 is 5.73 Å². The number of carbonyl (C=O) groups excluding carboxylic acids is 1. The summed E-state index contributed by atoms with van der Waals surface area (Å²) in [5, 5.41) is 0. The molecular formula is C10H14N2OS. The van der Waals surface area contributed by atoms with Gasteiger partial charge in [-0.15, -0.1) is 11.3 Å². The van der Waals surface area contributed by atoms with Gasteiger partial charge in [0.1, 0.15) is 0 Å². The standard InChI is InChI=1S/C10H14N2OS/c11-8-3-4-12(5-8)6-9-1-2-10(7-13)14-9/h1-2,7-8H,3-6,11H2. The highest BCUT2D eigenvalue weighted by molar-refractivity contribution is 7.13. The van der Waals surface area contributed by atoms with E-state index in [2.05, 4.69) is 4.90 Å². The predicted octanol–water partition coefficient (Wildman–Crippen LogP) is 1.09. The zero-order valence-electron chi connectivity index (χ0n) is 7.98. The number of aldehydes is 1. The van der Waals surface area contributed by atoms with Crippen molar-refractivity contribution in [2.24, 2.45) is 5.73 Å². The molecule has 0 aliphatic carbocycles. The molecule has 1 saturated heterocycles. The van der Waals surface area contributed by atoms with E-state index in [9.17, 15) is 4.79 Å². The molecule has 1 atom stereocenters. The molecule has 1 aliphatic rings. The summed E-state index contributed by atoms with van der Waals surface area (Å²) in [6.07, 6.45) is 2.00. The molecule has 1 aromatic rings. The summed E-state index contributed by atoms with van der Waals surface area (Å²) in [5.41, 5.74) is 5.82. The van der Waals surface area contributed by atoms with E-state index in [-0.39, 0.29) is 0 Å². The van der Waals surface area contributed by atoms with E-state index in [1.807, 2.05) is 12.1 Å². The Kier molecular flexibility index (Phi) is 2.96. The molecule has 1 fully saturated rings. The van der Waals surface area contributed by atoms with Crippen LogP contribution in [0, 0.1) is 0 Å². The van der Waals surface area contributed by atoms with E-state index in [1.165, 1.54) is 4.88 Å². The number of nitrogens with zero attached hydrogens (tertiary/aromatic N) is 1. The Hall–Kier alpha value is -0.710. The molecule has 4 heteroatoms. The third-order valence-corrected chi connectivity index (χ3v) is 3.48. The van der Waals surface area contributed by atoms with Gasteiger partial charge in [0.2, 0.25) is 0 Å². The summed E-state index contributed by atoms with van der Waals surface area (Å²) in [4.78, 5) is 14.9. The van der Waals surface area contributed by atoms with Gasteiger partial charge in [-0.2, -0.15) is 0 Å². The molecule has 76 valence electrons. The van der Waals surface area contributed by atoms with E-state index >= 15 is 0 Å². The largest absolute Gasteiger partial charge is 0.326 e. The zero-order valence-corrected chi connectivity index (χ0v) is 8.80. The van der Waals surface area contributed by atoms with Crippen LogP contribution in [0.15, 0.2) is 12.1 Å². The van der Waals surface area contributed by atoms with Crippen molar-refractivity contribution < 1.29 is 4.79 Å². The Morgan fingerprint density at radius 1 is 1.64 bits per heavy atom. The van der Waals surface area contributed by atoms with Crippen LogP contribution >= 0.6 is 11.3 Å². The van der Waals surface area contributed by atoms with Crippen molar-refractivity contribution in [1.29, 1.82) is 0 Å². The molecule has 14 heavy (non-hydrogen) atoms. The van der Waals surface area contributed by atoms with Gasteiger partial charge in [-0.3, -0.25) is 9.69 Å². The van der Waals surface area contributed by atoms with Gasteiger partial charge in [0.25, 0.3) is 0 Å². The molecule has 1 unspecified atom stereocenters. The van der Waals surface area contributed by atoms with Crippen LogP contribution in [-0.4, -0.2) is 30.3 Å². The number of hydrogen-bond acceptors (Lipinski definition) is 4. The third kappa shape index (κ3) is 2.20. The maximum absolute atomic E-state index is 10.5. The van der Waals surface area contributed by atoms with Crippen LogP contribution in [0.4, 0.5) is 0 Å². The minimum atomic E-state index is 0.334. The van der Waals surface area contributed by atoms with E-state index < -0.39 is 0 Å². The fraction of sp³-hybridized carbons (Fsp3) is 0.500. The van der Waals surface area contributed by atoms with E-state index in [0.29, 0.717) is 6.04 Å². The van der Waals surface area contributed by atoms with Gasteiger partial charge in [0, 0.05) is 30.6 Å². The number of likely N-dealkylation sites (tertiary alicyclic amines) is 1. The van der Waals surface area contributed by atoms with Crippen LogP contribution in [0.5, 0.6) is 0 Å². The van der Waals surface area contributed by atoms with Crippen LogP contribution in [0.3, 0.4) is 0 Å². The molecular weight excluding hydrogens is 196 g/mol. The molecule has 1 aliphatic heterocycles. The van der Waals surface area contributed by atoms with Crippen LogP contribution in [-0.2, 0) is 6.54 Å². The highest BCUT2D eigenvalue weighted by atomic mass is 32.1. The minimum Gasteiger partial charge on any atom is -0.326 e. The fourth-order valence-electron chi connectivity index (χ4n) is 1.77. The molecule has 0 amide bonds. The number of thiophene rings is 1. The van der Waals surface area contributed by atoms with Gasteiger partial charge in [0.05, 0.1) is 4.88 Å². The van der Waals surface area contributed by atoms with Crippen molar-refractivity contribution in [2.75, 3.05) is 13.1 Å². The van der Waals surface area contributed by atoms with Crippen molar-refractivity contribution in [3.8, 4) is 0 Å². The predicted molar refractivity (Wildman–Crippen MR) is 57.6 cm³/mol. The van der Waals surface area contributed by atoms with Crippen molar-refractivity contribution in [1.82, 2.24) is 4.90 Å². The highest BCUT2D eigenvalue weighted by Gasteiger charge is 2.19. The summed E-state index contributed by atoms with van der Waals surface area (Å²) in [7, 11) is 0. The van der Waals surface area contributed by atoms with E-state index in [4.69, 9.17) is 5.73 Å². The number of nitrogens with two attached hydrogens (primary N) is 1. The van der Waals surface area contributed by atoms with Crippen molar-refractivity contribution in [3.63, 3.8) is 0 Å². The molecule has 2 N–H and O–H groups in total. The smallest absolute Gasteiger partial charge is 0.160 e. The second-order valence-electron chi connectivity index (χ2n) is 3.71. The Balaban J connectivity index is 1.93. The summed E-state index contributed by atoms with van der Waals surface area (Å²) in [6.45, 7) is 3.00. The summed E-state index contributed by atoms with van der Waals surface area (Å²) in [6, 6.07) is 4.24. The Morgan fingerprint density at radius 2 is 2.50 bits per heavy atom. The molecule has 2 rings (SSSR count). The number of hydrogen-bond donors (Lipinski definition) is 1. The molecule has 0 spiro atoms. The maximum Gasteiger partial charge on any atom is 0.160 e. The molecule has 0 aromatic carbocycles. The van der Waals surface area contributed by atoms with Crippen LogP contribution in [0.1, 0.15) is 21.0 Å². The first-order valence-electron chi connectivity index (χ1n) is 4.80. The first-order chi connectivity index (χ1) is 6.78. The van der Waals surface area contributed by atoms with Gasteiger partial charge in [-0.25, -0.2) is 0 Å². The Morgan fingerprint density at radius 3 is 3.07 bits per heavy atom. The Bertz CT molecular complexity index is 324. The van der Waals surface area contributed by atoms with Gasteiger partial charge in [-0.1, -0.05) is 0 Å². The van der Waals surface area contributed by atoms with E-state index in [1.54, 1.807) is 11.3 Å². The second kappa shape index (κ2) is 4.21. The molecule has 1 aromatic heterocycles. The highest BCUT2D eigenvalue weighted by Crippen LogP contribution is 2.18. The maximum atomic E-state index is 10.5. The molecule has 0 bridgehead atoms. The number of carbonyl (C=O) groups is 1. The first kappa shape index (κ1) is 9.83. The lowest BCUT2D eigenvalue weighted by atomic mass is 10.3. The summed E-state index contributed by atoms with van der Waals surface area (Å²) >= 11 is 1.57. The molecule has 0 radical (unpaired) electrons. The average Bonchev–Trinajstić information content (AvgIpc) is 2.76. The normalized spacial score (nSPS) is 22.8. The van der Waals surface area contributed by atoms with Gasteiger partial charge in [-0.05, 0) is 18.6 Å². The van der Waals surface area contributed by atoms with Gasteiger partial charge in [0.15, 0.2) is 6.29 Å². The van der Waals surface area contributed by atoms with Gasteiger partial charge < -0.3 is 5.73 Å². The molecule has 3 nitrogen and oxygen atoms in total. The lowest BCUT2D eigenvalue weighted by Crippen LogP contribution is -2.25. The van der Waals surface area contributed by atoms with E-state index in [0.717, 1.165) is 37.2 Å². The average molecular weight is 210 g/mol. The quantitative estimate of drug-likeness (QED) is 0.760. The van der Waals surface area contributed by atoms with Crippen molar-refractivity contribution in [2.45, 2.75) is 19.0 Å². The second-order valence-corrected chi connectivity index (χ2v) is 4.91. The summed E-state index contributed by atoms with van der Waals surface area (Å²) < 4.78 is 0. The lowest BCUT2D eigenvalue weighted by Gasteiger charge is -2.12. The molecule has 0 saturated carbocycles. The van der Waals surface area contributed by atoms with Crippen molar-refractivity contribution in [3.05, 3.63) is 21.9 Å². The third-order valence-electron chi connectivity index (χ3n) is 2.49. The van der Waals surface area contributed by atoms with Crippen LogP contribution in [0.2, 0.25) is 0 Å². The Labute approximate surface area is 87.5 Å². The lowest BCUT2D eigenvalue weighted by molar-refractivity contribution is 0.112. The SMILES string of the molecule is NC1CCN(Cc2ccc(C=O)s2)C1. The van der Waals surface area contributed by atoms with Crippen LogP contribution in [0.25, 0.3) is 0 Å². The number of rotatable bonds is 3. The van der Waals surface area contributed by atoms with Gasteiger partial charge >= 0.3 is 0 Å². The zero-order chi connectivity index (χ0) is 9.97. The summed E-state index contributed by atoms with van der Waals surface area (Å²) in [5.74, 6) is 0. The fourth-order valence-corrected chi connectivity index (χ4v) is 2.64.